The molecule has 0 heterocycles. The van der Waals surface area contributed by atoms with Gasteiger partial charge in [0.2, 0.25) is 0 Å². The Balaban J connectivity index is 2.29. The number of carbonyl (C=O) groups is 1. The van der Waals surface area contributed by atoms with Crippen molar-refractivity contribution in [1.82, 2.24) is 10.2 Å². The van der Waals surface area contributed by atoms with Crippen molar-refractivity contribution >= 4 is 17.5 Å². The lowest BCUT2D eigenvalue weighted by atomic mass is 10.2. The molecule has 0 spiro atoms. The third-order valence-electron chi connectivity index (χ3n) is 2.42. The van der Waals surface area contributed by atoms with Crippen LogP contribution in [0, 0.1) is 0 Å². The van der Waals surface area contributed by atoms with Gasteiger partial charge in [0.25, 0.3) is 5.91 Å². The largest absolute Gasteiger partial charge is 0.507 e. The lowest BCUT2D eigenvalue weighted by molar-refractivity contribution is 0.0898. The zero-order valence-corrected chi connectivity index (χ0v) is 11.9. The van der Waals surface area contributed by atoms with Gasteiger partial charge in [-0.1, -0.05) is 11.6 Å². The third-order valence-corrected chi connectivity index (χ3v) is 2.65. The molecular weight excluding hydrogens is 268 g/mol. The van der Waals surface area contributed by atoms with E-state index in [2.05, 4.69) is 5.32 Å². The first-order valence-electron chi connectivity index (χ1n) is 6.00. The molecule has 2 N–H and O–H groups in total. The first-order valence-corrected chi connectivity index (χ1v) is 6.37. The molecule has 5 nitrogen and oxygen atoms in total. The number of amides is 1. The topological polar surface area (TPSA) is 61.8 Å². The molecule has 106 valence electrons. The maximum atomic E-state index is 11.8. The van der Waals surface area contributed by atoms with Gasteiger partial charge < -0.3 is 20.1 Å². The molecule has 0 radical (unpaired) electrons. The summed E-state index contributed by atoms with van der Waals surface area (Å²) in [6.45, 7) is 2.27. The van der Waals surface area contributed by atoms with Crippen molar-refractivity contribution in [3.8, 4) is 5.75 Å². The molecule has 1 aromatic carbocycles. The predicted octanol–water partition coefficient (Wildman–Crippen LogP) is 1.35. The van der Waals surface area contributed by atoms with Gasteiger partial charge >= 0.3 is 0 Å². The van der Waals surface area contributed by atoms with E-state index in [0.29, 0.717) is 24.8 Å². The molecule has 0 saturated carbocycles. The molecule has 19 heavy (non-hydrogen) atoms. The number of halogens is 1. The third kappa shape index (κ3) is 5.92. The van der Waals surface area contributed by atoms with Gasteiger partial charge in [-0.3, -0.25) is 4.79 Å². The van der Waals surface area contributed by atoms with Crippen LogP contribution in [-0.4, -0.2) is 56.3 Å². The Morgan fingerprint density at radius 2 is 2.16 bits per heavy atom. The van der Waals surface area contributed by atoms with Crippen LogP contribution in [0.2, 0.25) is 5.02 Å². The van der Waals surface area contributed by atoms with Crippen LogP contribution in [0.4, 0.5) is 0 Å². The first-order chi connectivity index (χ1) is 9.00. The normalized spacial score (nSPS) is 10.7. The maximum absolute atomic E-state index is 11.8. The minimum atomic E-state index is -0.365. The Hall–Kier alpha value is -1.30. The molecule has 0 unspecified atom stereocenters. The fraction of sp³-hybridized carbons (Fsp3) is 0.462. The van der Waals surface area contributed by atoms with E-state index < -0.39 is 0 Å². The van der Waals surface area contributed by atoms with Gasteiger partial charge in [-0.25, -0.2) is 0 Å². The van der Waals surface area contributed by atoms with Crippen LogP contribution in [0.1, 0.15) is 10.4 Å². The number of likely N-dealkylation sites (N-methyl/N-ethyl adjacent to an activating group) is 1. The molecule has 0 atom stereocenters. The summed E-state index contributed by atoms with van der Waals surface area (Å²) in [5, 5.41) is 12.6. The van der Waals surface area contributed by atoms with Crippen molar-refractivity contribution in [1.29, 1.82) is 0 Å². The van der Waals surface area contributed by atoms with E-state index in [1.54, 1.807) is 0 Å². The van der Waals surface area contributed by atoms with Crippen molar-refractivity contribution in [3.05, 3.63) is 28.8 Å². The smallest absolute Gasteiger partial charge is 0.255 e. The van der Waals surface area contributed by atoms with Gasteiger partial charge in [0, 0.05) is 18.1 Å². The fourth-order valence-electron chi connectivity index (χ4n) is 1.37. The summed E-state index contributed by atoms with van der Waals surface area (Å²) in [7, 11) is 3.93. The second-order valence-electron chi connectivity index (χ2n) is 4.33. The predicted molar refractivity (Wildman–Crippen MR) is 74.8 cm³/mol. The van der Waals surface area contributed by atoms with Crippen molar-refractivity contribution in [3.63, 3.8) is 0 Å². The molecular formula is C13H19ClN2O3. The van der Waals surface area contributed by atoms with Gasteiger partial charge in [0.05, 0.1) is 18.8 Å². The second kappa shape index (κ2) is 7.99. The zero-order chi connectivity index (χ0) is 14.3. The van der Waals surface area contributed by atoms with Crippen LogP contribution in [0.5, 0.6) is 5.75 Å². The van der Waals surface area contributed by atoms with Crippen molar-refractivity contribution in [2.24, 2.45) is 0 Å². The molecule has 0 saturated heterocycles. The van der Waals surface area contributed by atoms with E-state index >= 15 is 0 Å². The van der Waals surface area contributed by atoms with Crippen LogP contribution in [0.15, 0.2) is 18.2 Å². The number of nitrogens with zero attached hydrogens (tertiary/aromatic N) is 1. The van der Waals surface area contributed by atoms with E-state index in [1.165, 1.54) is 18.2 Å². The number of ether oxygens (including phenoxy) is 1. The van der Waals surface area contributed by atoms with E-state index in [4.69, 9.17) is 16.3 Å². The Morgan fingerprint density at radius 3 is 2.84 bits per heavy atom. The SMILES string of the molecule is CN(C)CCOCCNC(=O)c1cc(Cl)ccc1O. The van der Waals surface area contributed by atoms with Crippen LogP contribution >= 0.6 is 11.6 Å². The van der Waals surface area contributed by atoms with Gasteiger partial charge in [0.1, 0.15) is 5.75 Å². The summed E-state index contributed by atoms with van der Waals surface area (Å²) >= 11 is 5.77. The molecule has 1 amide bonds. The molecule has 1 aromatic rings. The maximum Gasteiger partial charge on any atom is 0.255 e. The Morgan fingerprint density at radius 1 is 1.42 bits per heavy atom. The number of carbonyl (C=O) groups excluding carboxylic acids is 1. The highest BCUT2D eigenvalue weighted by molar-refractivity contribution is 6.31. The van der Waals surface area contributed by atoms with Gasteiger partial charge in [-0.15, -0.1) is 0 Å². The molecule has 0 aliphatic carbocycles. The standard InChI is InChI=1S/C13H19ClN2O3/c1-16(2)6-8-19-7-5-15-13(18)11-9-10(14)3-4-12(11)17/h3-4,9,17H,5-8H2,1-2H3,(H,15,18). The first kappa shape index (κ1) is 15.8. The lowest BCUT2D eigenvalue weighted by Gasteiger charge is -2.10. The summed E-state index contributed by atoms with van der Waals surface area (Å²) in [5.74, 6) is -0.452. The number of rotatable bonds is 7. The molecule has 1 rings (SSSR count). The minimum absolute atomic E-state index is 0.0876. The van der Waals surface area contributed by atoms with Crippen LogP contribution < -0.4 is 5.32 Å². The Labute approximate surface area is 118 Å². The number of hydrogen-bond donors (Lipinski definition) is 2. The Bertz CT molecular complexity index is 424. The summed E-state index contributed by atoms with van der Waals surface area (Å²) in [4.78, 5) is 13.8. The van der Waals surface area contributed by atoms with Crippen molar-refractivity contribution in [2.45, 2.75) is 0 Å². The molecule has 0 aliphatic heterocycles. The number of aromatic hydroxyl groups is 1. The van der Waals surface area contributed by atoms with Crippen LogP contribution in [-0.2, 0) is 4.74 Å². The molecule has 0 aliphatic rings. The summed E-state index contributed by atoms with van der Waals surface area (Å²) in [6, 6.07) is 4.35. The number of benzene rings is 1. The zero-order valence-electron chi connectivity index (χ0n) is 11.1. The average molecular weight is 287 g/mol. The molecule has 0 aromatic heterocycles. The highest BCUT2D eigenvalue weighted by Crippen LogP contribution is 2.20. The van der Waals surface area contributed by atoms with E-state index in [-0.39, 0.29) is 17.2 Å². The molecule has 0 bridgehead atoms. The van der Waals surface area contributed by atoms with Crippen molar-refractivity contribution < 1.29 is 14.6 Å². The summed E-state index contributed by atoms with van der Waals surface area (Å²) in [5.41, 5.74) is 0.167. The van der Waals surface area contributed by atoms with Gasteiger partial charge in [-0.2, -0.15) is 0 Å². The quantitative estimate of drug-likeness (QED) is 0.743. The highest BCUT2D eigenvalue weighted by Gasteiger charge is 2.10. The summed E-state index contributed by atoms with van der Waals surface area (Å²) in [6.07, 6.45) is 0. The average Bonchev–Trinajstić information content (AvgIpc) is 2.36. The number of phenolic OH excluding ortho intramolecular Hbond substituents is 1. The lowest BCUT2D eigenvalue weighted by Crippen LogP contribution is -2.28. The number of phenols is 1. The van der Waals surface area contributed by atoms with Gasteiger partial charge in [0.15, 0.2) is 0 Å². The monoisotopic (exact) mass is 286 g/mol. The van der Waals surface area contributed by atoms with Crippen LogP contribution in [0.3, 0.4) is 0 Å². The Kier molecular flexibility index (Phi) is 6.62. The van der Waals surface area contributed by atoms with E-state index in [1.807, 2.05) is 19.0 Å². The molecule has 0 fully saturated rings. The molecule has 6 heteroatoms. The van der Waals surface area contributed by atoms with Crippen molar-refractivity contribution in [2.75, 3.05) is 40.4 Å². The minimum Gasteiger partial charge on any atom is -0.507 e. The van der Waals surface area contributed by atoms with E-state index in [9.17, 15) is 9.90 Å². The fourth-order valence-corrected chi connectivity index (χ4v) is 1.54. The van der Waals surface area contributed by atoms with Crippen LogP contribution in [0.25, 0.3) is 0 Å². The number of hydrogen-bond acceptors (Lipinski definition) is 4. The second-order valence-corrected chi connectivity index (χ2v) is 4.77. The highest BCUT2D eigenvalue weighted by atomic mass is 35.5. The van der Waals surface area contributed by atoms with E-state index in [0.717, 1.165) is 6.54 Å². The number of nitrogens with one attached hydrogen (secondary N) is 1. The summed E-state index contributed by atoms with van der Waals surface area (Å²) < 4.78 is 5.34. The van der Waals surface area contributed by atoms with Gasteiger partial charge in [-0.05, 0) is 32.3 Å².